The summed E-state index contributed by atoms with van der Waals surface area (Å²) >= 11 is 1.05. The normalized spacial score (nSPS) is 32.2. The average molecular weight is 663 g/mol. The van der Waals surface area contributed by atoms with E-state index in [1.165, 1.54) is 5.57 Å². The maximum absolute atomic E-state index is 13.8. The molecule has 4 aliphatic rings. The van der Waals surface area contributed by atoms with E-state index in [1.807, 2.05) is 29.1 Å². The molecule has 1 aromatic heterocycles. The molecular weight excluding hydrogens is 616 g/mol. The molecule has 3 saturated carbocycles. The summed E-state index contributed by atoms with van der Waals surface area (Å²) in [7, 11) is 1.60. The first-order valence-electron chi connectivity index (χ1n) is 16.7. The fourth-order valence-electron chi connectivity index (χ4n) is 9.56. The number of allylic oxidation sites excluding steroid dienone is 1. The maximum Gasteiger partial charge on any atom is 0.306 e. The quantitative estimate of drug-likeness (QED) is 0.206. The van der Waals surface area contributed by atoms with Gasteiger partial charge < -0.3 is 19.9 Å². The molecule has 252 valence electrons. The van der Waals surface area contributed by atoms with Crippen LogP contribution in [0, 0.1) is 28.6 Å². The van der Waals surface area contributed by atoms with Crippen LogP contribution in [-0.4, -0.2) is 76.4 Å². The average Bonchev–Trinajstić information content (AvgIpc) is 3.59. The van der Waals surface area contributed by atoms with Gasteiger partial charge in [-0.15, -0.1) is 0 Å². The second-order valence-electron chi connectivity index (χ2n) is 14.0. The third-order valence-corrected chi connectivity index (χ3v) is 12.6. The van der Waals surface area contributed by atoms with Gasteiger partial charge in [0.25, 0.3) is 5.91 Å². The van der Waals surface area contributed by atoms with E-state index < -0.39 is 17.1 Å². The topological polar surface area (TPSA) is 132 Å². The zero-order chi connectivity index (χ0) is 33.6. The Balaban J connectivity index is 1.30. The number of aliphatic hydroxyl groups excluding tert-OH is 1. The molecule has 2 unspecified atom stereocenters. The smallest absolute Gasteiger partial charge is 0.306 e. The van der Waals surface area contributed by atoms with E-state index in [2.05, 4.69) is 37.0 Å². The highest BCUT2D eigenvalue weighted by molar-refractivity contribution is 8.13. The minimum absolute atomic E-state index is 0.00790. The lowest BCUT2D eigenvalue weighted by Gasteiger charge is -2.60. The van der Waals surface area contributed by atoms with Crippen LogP contribution in [0.25, 0.3) is 11.8 Å². The second kappa shape index (κ2) is 13.0. The van der Waals surface area contributed by atoms with E-state index >= 15 is 0 Å². The molecule has 10 nitrogen and oxygen atoms in total. The summed E-state index contributed by atoms with van der Waals surface area (Å²) in [4.78, 5) is 43.2. The van der Waals surface area contributed by atoms with Crippen molar-refractivity contribution < 1.29 is 29.0 Å². The molecule has 1 heterocycles. The van der Waals surface area contributed by atoms with Crippen molar-refractivity contribution in [3.8, 4) is 5.69 Å². The van der Waals surface area contributed by atoms with Crippen LogP contribution in [0.4, 0.5) is 0 Å². The molecule has 3 fully saturated rings. The Bertz CT molecular complexity index is 1610. The molecule has 0 bridgehead atoms. The third-order valence-electron chi connectivity index (χ3n) is 11.7. The first-order chi connectivity index (χ1) is 22.5. The van der Waals surface area contributed by atoms with Crippen molar-refractivity contribution in [2.75, 3.05) is 26.1 Å². The van der Waals surface area contributed by atoms with E-state index in [4.69, 9.17) is 14.6 Å². The summed E-state index contributed by atoms with van der Waals surface area (Å²) in [5.74, 6) is -0.0559. The minimum atomic E-state index is -1.29. The molecular formula is C36H46N4O6S. The van der Waals surface area contributed by atoms with E-state index in [1.54, 1.807) is 20.1 Å². The number of carbonyl (C=O) groups is 3. The van der Waals surface area contributed by atoms with Crippen molar-refractivity contribution in [3.05, 3.63) is 52.9 Å². The Labute approximate surface area is 280 Å². The molecule has 47 heavy (non-hydrogen) atoms. The fraction of sp³-hybridized carbons (Fsp3) is 0.583. The van der Waals surface area contributed by atoms with Crippen LogP contribution >= 0.6 is 11.8 Å². The van der Waals surface area contributed by atoms with E-state index in [0.29, 0.717) is 31.6 Å². The molecule has 0 radical (unpaired) electrons. The van der Waals surface area contributed by atoms with Crippen molar-refractivity contribution in [2.24, 2.45) is 33.6 Å². The lowest BCUT2D eigenvalue weighted by Crippen LogP contribution is -2.62. The summed E-state index contributed by atoms with van der Waals surface area (Å²) < 4.78 is 13.1. The molecule has 2 N–H and O–H groups in total. The zero-order valence-corrected chi connectivity index (χ0v) is 28.6. The Hall–Kier alpha value is -3.28. The van der Waals surface area contributed by atoms with Crippen molar-refractivity contribution in [3.63, 3.8) is 0 Å². The van der Waals surface area contributed by atoms with Crippen LogP contribution in [0.1, 0.15) is 80.9 Å². The van der Waals surface area contributed by atoms with Crippen LogP contribution in [0.5, 0.6) is 0 Å². The maximum atomic E-state index is 13.8. The predicted molar refractivity (Wildman–Crippen MR) is 181 cm³/mol. The number of amides is 1. The van der Waals surface area contributed by atoms with Crippen LogP contribution in [0.2, 0.25) is 0 Å². The Morgan fingerprint density at radius 2 is 2.06 bits per heavy atom. The van der Waals surface area contributed by atoms with Gasteiger partial charge in [-0.05, 0) is 98.2 Å². The molecule has 0 saturated heterocycles. The SMILES string of the molecule is C=NCSC(=O)[C@@]1(OC(=O)CC)CCC2[C@@H]3CCC4=Cc5c(cnn5-c5cccc(C(=O)NCCOC)c5)C[C@]4(C)C3[C@@H](O)C[C@@]21C. The van der Waals surface area contributed by atoms with Gasteiger partial charge in [0, 0.05) is 31.1 Å². The number of carbonyl (C=O) groups excluding carboxylic acids is 3. The van der Waals surface area contributed by atoms with Gasteiger partial charge in [-0.2, -0.15) is 5.10 Å². The molecule has 1 aromatic carbocycles. The number of aliphatic imine (C=N–C) groups is 1. The van der Waals surface area contributed by atoms with Crippen molar-refractivity contribution in [1.82, 2.24) is 15.1 Å². The number of esters is 1. The molecule has 7 atom stereocenters. The molecule has 6 rings (SSSR count). The molecule has 0 aliphatic heterocycles. The van der Waals surface area contributed by atoms with Crippen LogP contribution in [0.3, 0.4) is 0 Å². The predicted octanol–water partition coefficient (Wildman–Crippen LogP) is 5.01. The number of fused-ring (bicyclic) bond motifs is 6. The monoisotopic (exact) mass is 662 g/mol. The Morgan fingerprint density at radius 3 is 2.81 bits per heavy atom. The third kappa shape index (κ3) is 5.48. The number of nitrogens with one attached hydrogen (secondary N) is 1. The lowest BCUT2D eigenvalue weighted by molar-refractivity contribution is -0.196. The van der Waals surface area contributed by atoms with Gasteiger partial charge in [0.05, 0.1) is 36.2 Å². The first-order valence-corrected chi connectivity index (χ1v) is 17.7. The largest absolute Gasteiger partial charge is 0.449 e. The van der Waals surface area contributed by atoms with Crippen molar-refractivity contribution >= 4 is 41.5 Å². The Morgan fingerprint density at radius 1 is 1.26 bits per heavy atom. The van der Waals surface area contributed by atoms with Crippen LogP contribution < -0.4 is 5.32 Å². The summed E-state index contributed by atoms with van der Waals surface area (Å²) in [5, 5.41) is 19.6. The second-order valence-corrected chi connectivity index (χ2v) is 14.9. The summed E-state index contributed by atoms with van der Waals surface area (Å²) in [6, 6.07) is 7.47. The van der Waals surface area contributed by atoms with Gasteiger partial charge in [-0.25, -0.2) is 4.68 Å². The summed E-state index contributed by atoms with van der Waals surface area (Å²) in [6.07, 6.45) is 7.78. The molecule has 0 spiro atoms. The molecule has 11 heteroatoms. The number of aromatic nitrogens is 2. The number of aliphatic hydroxyl groups is 1. The lowest BCUT2D eigenvalue weighted by atomic mass is 9.45. The van der Waals surface area contributed by atoms with Gasteiger partial charge >= 0.3 is 5.97 Å². The van der Waals surface area contributed by atoms with Gasteiger partial charge in [0.2, 0.25) is 5.12 Å². The number of rotatable bonds is 10. The van der Waals surface area contributed by atoms with Crippen LogP contribution in [-0.2, 0) is 25.5 Å². The Kier molecular flexibility index (Phi) is 9.28. The molecule has 2 aromatic rings. The number of methoxy groups -OCH3 is 1. The van der Waals surface area contributed by atoms with Gasteiger partial charge in [-0.3, -0.25) is 19.4 Å². The number of thioether (sulfide) groups is 1. The van der Waals surface area contributed by atoms with Gasteiger partial charge in [-0.1, -0.05) is 44.2 Å². The highest BCUT2D eigenvalue weighted by Gasteiger charge is 2.70. The minimum Gasteiger partial charge on any atom is -0.449 e. The number of ether oxygens (including phenoxy) is 2. The van der Waals surface area contributed by atoms with E-state index in [-0.39, 0.29) is 52.5 Å². The van der Waals surface area contributed by atoms with E-state index in [0.717, 1.165) is 54.4 Å². The first kappa shape index (κ1) is 33.6. The molecule has 4 aliphatic carbocycles. The van der Waals surface area contributed by atoms with Crippen molar-refractivity contribution in [2.45, 2.75) is 77.4 Å². The van der Waals surface area contributed by atoms with Crippen LogP contribution in [0.15, 0.2) is 41.0 Å². The summed E-state index contributed by atoms with van der Waals surface area (Å²) in [6.45, 7) is 10.5. The standard InChI is InChI=1S/C36H46N4O6S/c1-6-30(42)46-36(33(44)47-21-37-4)13-12-27-26-11-10-24-17-28-23(18-34(24,2)31(26)29(41)19-35(27,36)3)20-39-40(28)25-9-7-8-22(16-25)32(43)38-14-15-45-5/h7-9,16-17,20,26-27,29,31,41H,4,6,10-15,18-19,21H2,1-3,5H3,(H,38,43)/t26-,27?,29-,31?,34-,35-,36-/m0/s1. The number of hydrogen-bond donors (Lipinski definition) is 2. The van der Waals surface area contributed by atoms with Gasteiger partial charge in [0.15, 0.2) is 5.60 Å². The fourth-order valence-corrected chi connectivity index (χ4v) is 10.4. The zero-order valence-electron chi connectivity index (χ0n) is 27.8. The summed E-state index contributed by atoms with van der Waals surface area (Å²) in [5.41, 5.74) is 2.51. The highest BCUT2D eigenvalue weighted by Crippen LogP contribution is 2.69. The van der Waals surface area contributed by atoms with E-state index in [9.17, 15) is 19.5 Å². The number of benzene rings is 1. The number of hydrogen-bond acceptors (Lipinski definition) is 9. The number of nitrogens with zero attached hydrogens (tertiary/aromatic N) is 3. The van der Waals surface area contributed by atoms with Gasteiger partial charge in [0.1, 0.15) is 0 Å². The van der Waals surface area contributed by atoms with Crippen molar-refractivity contribution in [1.29, 1.82) is 0 Å². The molecule has 1 amide bonds. The highest BCUT2D eigenvalue weighted by atomic mass is 32.2.